The van der Waals surface area contributed by atoms with Gasteiger partial charge in [0.25, 0.3) is 0 Å². The average molecular weight is 252 g/mol. The zero-order chi connectivity index (χ0) is 11.4. The largest absolute Gasteiger partial charge is 0.224 e. The molecule has 0 aliphatic heterocycles. The number of hydrogen-bond donors (Lipinski definition) is 0. The first-order valence-electron chi connectivity index (χ1n) is 5.23. The summed E-state index contributed by atoms with van der Waals surface area (Å²) < 4.78 is 15.2. The Hall–Kier alpha value is -1.07. The van der Waals surface area contributed by atoms with E-state index in [4.69, 9.17) is 0 Å². The van der Waals surface area contributed by atoms with Crippen molar-refractivity contribution in [3.05, 3.63) is 23.8 Å². The number of fused-ring (bicyclic) bond motifs is 1. The monoisotopic (exact) mass is 252 g/mol. The smallest absolute Gasteiger partial charge is 0.217 e. The minimum absolute atomic E-state index is 0.217. The van der Waals surface area contributed by atoms with Gasteiger partial charge < -0.3 is 0 Å². The molecule has 0 bridgehead atoms. The minimum Gasteiger partial charge on any atom is -0.217 e. The summed E-state index contributed by atoms with van der Waals surface area (Å²) in [5, 5.41) is 0.568. The molecule has 0 amide bonds. The second-order valence-electron chi connectivity index (χ2n) is 3.53. The van der Waals surface area contributed by atoms with Crippen LogP contribution in [-0.2, 0) is 17.9 Å². The molecule has 2 rings (SSSR count). The molecule has 0 aliphatic carbocycles. The summed E-state index contributed by atoms with van der Waals surface area (Å²) in [6.45, 7) is 2.18. The van der Waals surface area contributed by atoms with E-state index in [2.05, 4.69) is 22.3 Å². The van der Waals surface area contributed by atoms with Crippen LogP contribution in [0.3, 0.4) is 0 Å². The van der Waals surface area contributed by atoms with Crippen LogP contribution in [-0.4, -0.2) is 9.19 Å². The summed E-state index contributed by atoms with van der Waals surface area (Å²) in [6, 6.07) is 6.17. The maximum absolute atomic E-state index is 10.3. The highest BCUT2D eigenvalue weighted by atomic mass is 32.1. The molecule has 0 aliphatic rings. The van der Waals surface area contributed by atoms with Crippen molar-refractivity contribution in [1.82, 2.24) is 4.98 Å². The van der Waals surface area contributed by atoms with E-state index >= 15 is 0 Å². The highest BCUT2D eigenvalue weighted by Crippen LogP contribution is 2.30. The lowest BCUT2D eigenvalue weighted by Gasteiger charge is -1.99. The van der Waals surface area contributed by atoms with E-state index in [9.17, 15) is 4.21 Å². The van der Waals surface area contributed by atoms with E-state index < -0.39 is 0 Å². The molecule has 16 heavy (non-hydrogen) atoms. The zero-order valence-corrected chi connectivity index (χ0v) is 10.6. The molecule has 0 radical (unpaired) electrons. The molecule has 3 nitrogen and oxygen atoms in total. The second kappa shape index (κ2) is 5.32. The van der Waals surface area contributed by atoms with Gasteiger partial charge in [0, 0.05) is 0 Å². The molecule has 0 spiro atoms. The van der Waals surface area contributed by atoms with E-state index in [-0.39, 0.29) is 11.5 Å². The number of benzene rings is 1. The summed E-state index contributed by atoms with van der Waals surface area (Å²) in [5.41, 5.74) is 2.27. The quantitative estimate of drug-likeness (QED) is 0.833. The average Bonchev–Trinajstić information content (AvgIpc) is 2.69. The van der Waals surface area contributed by atoms with E-state index in [0.29, 0.717) is 5.13 Å². The molecule has 1 aromatic heterocycles. The Morgan fingerprint density at radius 2 is 2.38 bits per heavy atom. The van der Waals surface area contributed by atoms with Gasteiger partial charge in [0.1, 0.15) is 0 Å². The standard InChI is InChI=1S/C11H12N2OS2/c1-2-3-5-8-6-4-7-9-10(8)12-11(15-9)13-16-14/h4,6-7H,2-3,5H2,1H3. The van der Waals surface area contributed by atoms with Crippen LogP contribution in [0.15, 0.2) is 22.6 Å². The fourth-order valence-electron chi connectivity index (χ4n) is 1.63. The van der Waals surface area contributed by atoms with Gasteiger partial charge in [-0.3, -0.25) is 0 Å². The van der Waals surface area contributed by atoms with E-state index in [1.54, 1.807) is 0 Å². The minimum atomic E-state index is 0.217. The topological polar surface area (TPSA) is 42.3 Å². The van der Waals surface area contributed by atoms with Crippen LogP contribution in [0.2, 0.25) is 0 Å². The third kappa shape index (κ3) is 2.36. The zero-order valence-electron chi connectivity index (χ0n) is 8.97. The number of unbranched alkanes of at least 4 members (excludes halogenated alkanes) is 1. The molecule has 0 atom stereocenters. The van der Waals surface area contributed by atoms with Gasteiger partial charge in [-0.25, -0.2) is 4.98 Å². The lowest BCUT2D eigenvalue weighted by molar-refractivity contribution is 0.698. The lowest BCUT2D eigenvalue weighted by Crippen LogP contribution is -1.85. The molecule has 0 saturated heterocycles. The maximum atomic E-state index is 10.3. The lowest BCUT2D eigenvalue weighted by atomic mass is 10.1. The molecule has 1 heterocycles. The molecule has 2 aromatic rings. The Labute approximate surface area is 102 Å². The van der Waals surface area contributed by atoms with Crippen molar-refractivity contribution in [2.45, 2.75) is 26.2 Å². The van der Waals surface area contributed by atoms with Gasteiger partial charge in [-0.2, -0.15) is 4.21 Å². The number of aromatic nitrogens is 1. The van der Waals surface area contributed by atoms with Gasteiger partial charge in [-0.05, 0) is 24.5 Å². The van der Waals surface area contributed by atoms with Crippen molar-refractivity contribution < 1.29 is 4.21 Å². The first kappa shape index (κ1) is 11.4. The molecule has 84 valence electrons. The second-order valence-corrected chi connectivity index (χ2v) is 4.87. The van der Waals surface area contributed by atoms with E-state index in [1.807, 2.05) is 12.1 Å². The van der Waals surface area contributed by atoms with E-state index in [0.717, 1.165) is 16.6 Å². The Morgan fingerprint density at radius 3 is 3.12 bits per heavy atom. The van der Waals surface area contributed by atoms with Crippen molar-refractivity contribution in [3.8, 4) is 0 Å². The maximum Gasteiger partial charge on any atom is 0.224 e. The molecule has 0 saturated carbocycles. The van der Waals surface area contributed by atoms with Crippen molar-refractivity contribution in [3.63, 3.8) is 0 Å². The Morgan fingerprint density at radius 1 is 1.50 bits per heavy atom. The van der Waals surface area contributed by atoms with Crippen LogP contribution >= 0.6 is 11.3 Å². The third-order valence-corrected chi connectivity index (χ3v) is 3.68. The molecule has 0 N–H and O–H groups in total. The van der Waals surface area contributed by atoms with Crippen LogP contribution in [0.25, 0.3) is 10.2 Å². The van der Waals surface area contributed by atoms with Gasteiger partial charge in [0.05, 0.1) is 10.2 Å². The fraction of sp³-hybridized carbons (Fsp3) is 0.364. The fourth-order valence-corrected chi connectivity index (χ4v) is 2.73. The van der Waals surface area contributed by atoms with Gasteiger partial charge in [-0.15, -0.1) is 4.36 Å². The highest BCUT2D eigenvalue weighted by molar-refractivity contribution is 7.55. The Balaban J connectivity index is 2.45. The van der Waals surface area contributed by atoms with E-state index in [1.165, 1.54) is 29.7 Å². The summed E-state index contributed by atoms with van der Waals surface area (Å²) in [4.78, 5) is 4.39. The van der Waals surface area contributed by atoms with Crippen LogP contribution in [0.4, 0.5) is 5.13 Å². The molecular formula is C11H12N2OS2. The van der Waals surface area contributed by atoms with Crippen molar-refractivity contribution in [2.75, 3.05) is 0 Å². The van der Waals surface area contributed by atoms with Gasteiger partial charge in [0.15, 0.2) is 0 Å². The predicted molar refractivity (Wildman–Crippen MR) is 68.5 cm³/mol. The normalized spacial score (nSPS) is 10.6. The van der Waals surface area contributed by atoms with Crippen molar-refractivity contribution in [1.29, 1.82) is 0 Å². The Kier molecular flexibility index (Phi) is 3.79. The highest BCUT2D eigenvalue weighted by Gasteiger charge is 2.06. The molecule has 5 heteroatoms. The SMILES string of the molecule is CCCCc1cccc2sc(N=S=O)nc12. The number of nitrogens with zero attached hydrogens (tertiary/aromatic N) is 2. The Bertz CT molecular complexity index is 544. The summed E-state index contributed by atoms with van der Waals surface area (Å²) in [6.07, 6.45) is 3.38. The molecular weight excluding hydrogens is 240 g/mol. The van der Waals surface area contributed by atoms with Gasteiger partial charge in [-0.1, -0.05) is 36.8 Å². The van der Waals surface area contributed by atoms with Gasteiger partial charge >= 0.3 is 0 Å². The first-order valence-corrected chi connectivity index (χ1v) is 6.75. The number of para-hydroxylation sites is 1. The number of rotatable bonds is 4. The third-order valence-electron chi connectivity index (χ3n) is 2.41. The van der Waals surface area contributed by atoms with Crippen LogP contribution in [0.1, 0.15) is 25.3 Å². The number of aryl methyl sites for hydroxylation is 1. The van der Waals surface area contributed by atoms with Crippen LogP contribution in [0, 0.1) is 0 Å². The molecule has 0 fully saturated rings. The van der Waals surface area contributed by atoms with Crippen LogP contribution < -0.4 is 0 Å². The summed E-state index contributed by atoms with van der Waals surface area (Å²) in [5.74, 6) is 0. The number of hydrogen-bond acceptors (Lipinski definition) is 4. The number of thiazole rings is 1. The first-order chi connectivity index (χ1) is 7.85. The summed E-state index contributed by atoms with van der Waals surface area (Å²) >= 11 is 1.69. The summed E-state index contributed by atoms with van der Waals surface area (Å²) in [7, 11) is 0. The molecule has 0 unspecified atom stereocenters. The van der Waals surface area contributed by atoms with Gasteiger partial charge in [0.2, 0.25) is 16.6 Å². The molecule has 1 aromatic carbocycles. The van der Waals surface area contributed by atoms with Crippen LogP contribution in [0.5, 0.6) is 0 Å². The van der Waals surface area contributed by atoms with Crippen molar-refractivity contribution in [2.24, 2.45) is 4.36 Å². The van der Waals surface area contributed by atoms with Crippen molar-refractivity contribution >= 4 is 38.1 Å². The predicted octanol–water partition coefficient (Wildman–Crippen LogP) is 3.67.